The maximum Gasteiger partial charge on any atom is 0.234 e. The van der Waals surface area contributed by atoms with Crippen LogP contribution in [0.25, 0.3) is 0 Å². The van der Waals surface area contributed by atoms with Gasteiger partial charge in [0.1, 0.15) is 17.3 Å². The summed E-state index contributed by atoms with van der Waals surface area (Å²) >= 11 is 0. The fraction of sp³-hybridized carbons (Fsp3) is 0.308. The predicted octanol–water partition coefficient (Wildman–Crippen LogP) is 0.0490. The number of carbonyl (C=O) groups excluding carboxylic acids is 1. The molecule has 0 atom stereocenters. The van der Waals surface area contributed by atoms with Crippen LogP contribution >= 0.6 is 0 Å². The van der Waals surface area contributed by atoms with E-state index in [1.807, 2.05) is 0 Å². The van der Waals surface area contributed by atoms with Crippen molar-refractivity contribution in [2.24, 2.45) is 5.73 Å². The maximum absolute atomic E-state index is 13.3. The average Bonchev–Trinajstić information content (AvgIpc) is 2.92. The second kappa shape index (κ2) is 6.80. The van der Waals surface area contributed by atoms with Gasteiger partial charge >= 0.3 is 0 Å². The fourth-order valence-electron chi connectivity index (χ4n) is 1.80. The molecule has 2 rings (SSSR count). The lowest BCUT2D eigenvalue weighted by Gasteiger charge is -2.08. The van der Waals surface area contributed by atoms with Crippen LogP contribution < -0.4 is 15.8 Å². The lowest BCUT2D eigenvalue weighted by Crippen LogP contribution is -2.29. The summed E-state index contributed by atoms with van der Waals surface area (Å²) < 4.78 is 20.0. The van der Waals surface area contributed by atoms with E-state index in [1.165, 1.54) is 19.2 Å². The van der Waals surface area contributed by atoms with Gasteiger partial charge in [-0.2, -0.15) is 0 Å². The zero-order valence-electron chi connectivity index (χ0n) is 11.5. The molecule has 0 aliphatic carbocycles. The first kappa shape index (κ1) is 14.9. The number of nitrogens with one attached hydrogen (secondary N) is 1. The van der Waals surface area contributed by atoms with Crippen LogP contribution in [0.5, 0.6) is 5.75 Å². The highest BCUT2D eigenvalue weighted by molar-refractivity contribution is 5.77. The van der Waals surface area contributed by atoms with Gasteiger partial charge in [0.25, 0.3) is 0 Å². The monoisotopic (exact) mass is 293 g/mol. The van der Waals surface area contributed by atoms with Gasteiger partial charge in [-0.25, -0.2) is 9.07 Å². The summed E-state index contributed by atoms with van der Waals surface area (Å²) in [5.41, 5.74) is 6.43. The SMILES string of the molecule is COc1ccc(F)cc1Cn1cc(CNC(=O)CN)nn1. The van der Waals surface area contributed by atoms with Gasteiger partial charge in [-0.05, 0) is 18.2 Å². The quantitative estimate of drug-likeness (QED) is 0.784. The van der Waals surface area contributed by atoms with E-state index in [0.29, 0.717) is 23.6 Å². The third-order valence-electron chi connectivity index (χ3n) is 2.81. The molecule has 0 saturated heterocycles. The Morgan fingerprint density at radius 3 is 3.05 bits per heavy atom. The van der Waals surface area contributed by atoms with Crippen molar-refractivity contribution in [2.45, 2.75) is 13.1 Å². The van der Waals surface area contributed by atoms with Crippen LogP contribution in [0.3, 0.4) is 0 Å². The number of benzene rings is 1. The van der Waals surface area contributed by atoms with E-state index < -0.39 is 0 Å². The summed E-state index contributed by atoms with van der Waals surface area (Å²) in [6, 6.07) is 4.28. The smallest absolute Gasteiger partial charge is 0.234 e. The van der Waals surface area contributed by atoms with Gasteiger partial charge in [0.15, 0.2) is 0 Å². The molecule has 0 bridgehead atoms. The first-order valence-corrected chi connectivity index (χ1v) is 6.30. The molecule has 1 heterocycles. The van der Waals surface area contributed by atoms with Crippen LogP contribution in [0.4, 0.5) is 4.39 Å². The molecule has 21 heavy (non-hydrogen) atoms. The number of ether oxygens (including phenoxy) is 1. The molecule has 7 nitrogen and oxygen atoms in total. The standard InChI is InChI=1S/C13H16FN5O2/c1-21-12-3-2-10(14)4-9(12)7-19-8-11(17-18-19)6-16-13(20)5-15/h2-4,8H,5-7,15H2,1H3,(H,16,20). The molecule has 0 fully saturated rings. The summed E-state index contributed by atoms with van der Waals surface area (Å²) in [5, 5.41) is 10.4. The Balaban J connectivity index is 2.05. The van der Waals surface area contributed by atoms with Crippen molar-refractivity contribution in [1.29, 1.82) is 0 Å². The number of halogens is 1. The van der Waals surface area contributed by atoms with E-state index in [1.54, 1.807) is 16.9 Å². The molecule has 0 aliphatic rings. The normalized spacial score (nSPS) is 10.4. The third kappa shape index (κ3) is 3.99. The molecule has 3 N–H and O–H groups in total. The van der Waals surface area contributed by atoms with E-state index >= 15 is 0 Å². The predicted molar refractivity (Wildman–Crippen MR) is 73.0 cm³/mol. The van der Waals surface area contributed by atoms with Crippen molar-refractivity contribution < 1.29 is 13.9 Å². The Morgan fingerprint density at radius 2 is 2.33 bits per heavy atom. The highest BCUT2D eigenvalue weighted by Gasteiger charge is 2.08. The van der Waals surface area contributed by atoms with E-state index in [4.69, 9.17) is 10.5 Å². The molecular weight excluding hydrogens is 277 g/mol. The van der Waals surface area contributed by atoms with Crippen LogP contribution in [0.15, 0.2) is 24.4 Å². The zero-order chi connectivity index (χ0) is 15.2. The first-order valence-electron chi connectivity index (χ1n) is 6.30. The van der Waals surface area contributed by atoms with Gasteiger partial charge in [-0.1, -0.05) is 5.21 Å². The van der Waals surface area contributed by atoms with E-state index in [9.17, 15) is 9.18 Å². The summed E-state index contributed by atoms with van der Waals surface area (Å²) in [4.78, 5) is 11.1. The second-order valence-corrected chi connectivity index (χ2v) is 4.34. The highest BCUT2D eigenvalue weighted by atomic mass is 19.1. The number of hydrogen-bond acceptors (Lipinski definition) is 5. The van der Waals surface area contributed by atoms with Crippen molar-refractivity contribution in [2.75, 3.05) is 13.7 Å². The third-order valence-corrected chi connectivity index (χ3v) is 2.81. The van der Waals surface area contributed by atoms with Crippen molar-refractivity contribution >= 4 is 5.91 Å². The largest absolute Gasteiger partial charge is 0.496 e. The summed E-state index contributed by atoms with van der Waals surface area (Å²) in [7, 11) is 1.52. The molecule has 1 amide bonds. The lowest BCUT2D eigenvalue weighted by atomic mass is 10.2. The Labute approximate surface area is 120 Å². The first-order chi connectivity index (χ1) is 10.1. The van der Waals surface area contributed by atoms with Crippen LogP contribution in [0.2, 0.25) is 0 Å². The Morgan fingerprint density at radius 1 is 1.52 bits per heavy atom. The Bertz CT molecular complexity index is 629. The Hall–Kier alpha value is -2.48. The van der Waals surface area contributed by atoms with Gasteiger partial charge in [-0.15, -0.1) is 5.10 Å². The number of rotatable bonds is 6. The van der Waals surface area contributed by atoms with Crippen molar-refractivity contribution in [3.05, 3.63) is 41.5 Å². The number of aromatic nitrogens is 3. The molecule has 0 saturated carbocycles. The maximum atomic E-state index is 13.3. The highest BCUT2D eigenvalue weighted by Crippen LogP contribution is 2.20. The van der Waals surface area contributed by atoms with Crippen LogP contribution in [-0.4, -0.2) is 34.6 Å². The number of nitrogens with two attached hydrogens (primary N) is 1. The van der Waals surface area contributed by atoms with Gasteiger partial charge in [0.05, 0.1) is 32.9 Å². The zero-order valence-corrected chi connectivity index (χ0v) is 11.5. The molecule has 1 aromatic carbocycles. The van der Waals surface area contributed by atoms with Gasteiger partial charge in [-0.3, -0.25) is 4.79 Å². The van der Waals surface area contributed by atoms with E-state index in [-0.39, 0.29) is 24.8 Å². The summed E-state index contributed by atoms with van der Waals surface area (Å²) in [5.74, 6) is -0.0393. The van der Waals surface area contributed by atoms with Crippen LogP contribution in [0.1, 0.15) is 11.3 Å². The van der Waals surface area contributed by atoms with Gasteiger partial charge in [0.2, 0.25) is 5.91 Å². The molecule has 1 aromatic heterocycles. The summed E-state index contributed by atoms with van der Waals surface area (Å²) in [6.07, 6.45) is 1.67. The van der Waals surface area contributed by atoms with Crippen LogP contribution in [0, 0.1) is 5.82 Å². The molecule has 112 valence electrons. The average molecular weight is 293 g/mol. The Kier molecular flexibility index (Phi) is 4.83. The molecule has 0 aliphatic heterocycles. The van der Waals surface area contributed by atoms with E-state index in [2.05, 4.69) is 15.6 Å². The molecule has 0 unspecified atom stereocenters. The topological polar surface area (TPSA) is 95.1 Å². The number of methoxy groups -OCH3 is 1. The molecule has 0 spiro atoms. The minimum atomic E-state index is -0.346. The van der Waals surface area contributed by atoms with Crippen LogP contribution in [-0.2, 0) is 17.9 Å². The number of carbonyl (C=O) groups is 1. The molecule has 8 heteroatoms. The van der Waals surface area contributed by atoms with Crippen molar-refractivity contribution in [3.63, 3.8) is 0 Å². The van der Waals surface area contributed by atoms with Crippen molar-refractivity contribution in [1.82, 2.24) is 20.3 Å². The van der Waals surface area contributed by atoms with Crippen molar-refractivity contribution in [3.8, 4) is 5.75 Å². The second-order valence-electron chi connectivity index (χ2n) is 4.34. The minimum absolute atomic E-state index is 0.0748. The fourth-order valence-corrected chi connectivity index (χ4v) is 1.80. The minimum Gasteiger partial charge on any atom is -0.496 e. The van der Waals surface area contributed by atoms with E-state index in [0.717, 1.165) is 0 Å². The molecular formula is C13H16FN5O2. The van der Waals surface area contributed by atoms with Gasteiger partial charge < -0.3 is 15.8 Å². The number of nitrogens with zero attached hydrogens (tertiary/aromatic N) is 3. The van der Waals surface area contributed by atoms with Gasteiger partial charge in [0, 0.05) is 5.56 Å². The number of hydrogen-bond donors (Lipinski definition) is 2. The number of amides is 1. The lowest BCUT2D eigenvalue weighted by molar-refractivity contribution is -0.119. The molecule has 2 aromatic rings. The summed E-state index contributed by atoms with van der Waals surface area (Å²) in [6.45, 7) is 0.490. The molecule has 0 radical (unpaired) electrons.